The van der Waals surface area contributed by atoms with Gasteiger partial charge in [0.15, 0.2) is 23.9 Å². The van der Waals surface area contributed by atoms with Crippen LogP contribution in [0.5, 0.6) is 11.5 Å². The van der Waals surface area contributed by atoms with Gasteiger partial charge in [0, 0.05) is 10.6 Å². The molecule has 10 heteroatoms. The van der Waals surface area contributed by atoms with E-state index in [2.05, 4.69) is 0 Å². The van der Waals surface area contributed by atoms with Crippen LogP contribution in [-0.2, 0) is 9.59 Å². The summed E-state index contributed by atoms with van der Waals surface area (Å²) >= 11 is 6.53. The fourth-order valence-electron chi connectivity index (χ4n) is 2.69. The molecule has 1 aliphatic rings. The Labute approximate surface area is 186 Å². The monoisotopic (exact) mass is 461 g/mol. The summed E-state index contributed by atoms with van der Waals surface area (Å²) in [6.07, 6.45) is 1.49. The van der Waals surface area contributed by atoms with Crippen molar-refractivity contribution in [2.75, 3.05) is 20.3 Å². The number of Topliss-reactive ketones (excluding diaryl/α,β-unsaturated/α-hetero) is 1. The Balaban J connectivity index is 1.75. The molecular weight excluding hydrogens is 446 g/mol. The number of carboxylic acids is 1. The van der Waals surface area contributed by atoms with E-state index < -0.39 is 23.7 Å². The molecular formula is C21H16ClNO7S. The Bertz CT molecular complexity index is 1080. The van der Waals surface area contributed by atoms with Crippen molar-refractivity contribution in [3.63, 3.8) is 0 Å². The molecule has 3 rings (SSSR count). The number of thioether (sulfide) groups is 1. The Morgan fingerprint density at radius 3 is 2.48 bits per heavy atom. The topological polar surface area (TPSA) is 110 Å². The highest BCUT2D eigenvalue weighted by Gasteiger charge is 2.36. The van der Waals surface area contributed by atoms with Crippen LogP contribution in [0.2, 0.25) is 5.02 Å². The van der Waals surface area contributed by atoms with Crippen LogP contribution in [0.15, 0.2) is 47.4 Å². The molecule has 1 saturated heterocycles. The van der Waals surface area contributed by atoms with E-state index in [9.17, 15) is 19.2 Å². The van der Waals surface area contributed by atoms with Crippen LogP contribution in [-0.4, -0.2) is 53.2 Å². The van der Waals surface area contributed by atoms with E-state index >= 15 is 0 Å². The first-order valence-electron chi connectivity index (χ1n) is 8.85. The first-order chi connectivity index (χ1) is 14.8. The highest BCUT2D eigenvalue weighted by molar-refractivity contribution is 8.18. The van der Waals surface area contributed by atoms with Crippen molar-refractivity contribution >= 4 is 52.3 Å². The molecule has 1 heterocycles. The smallest absolute Gasteiger partial charge is 0.341 e. The molecule has 0 spiro atoms. The van der Waals surface area contributed by atoms with Crippen LogP contribution in [0, 0.1) is 0 Å². The largest absolute Gasteiger partial charge is 0.493 e. The first-order valence-corrected chi connectivity index (χ1v) is 10.0. The zero-order valence-electron chi connectivity index (χ0n) is 16.2. The van der Waals surface area contributed by atoms with E-state index in [1.54, 1.807) is 24.3 Å². The third-order valence-electron chi connectivity index (χ3n) is 4.18. The Morgan fingerprint density at radius 2 is 1.84 bits per heavy atom. The third kappa shape index (κ3) is 5.44. The minimum absolute atomic E-state index is 0.148. The summed E-state index contributed by atoms with van der Waals surface area (Å²) in [6.45, 7) is -0.912. The first kappa shape index (κ1) is 22.4. The number of nitrogens with zero attached hydrogens (tertiary/aromatic N) is 1. The van der Waals surface area contributed by atoms with Crippen molar-refractivity contribution in [1.29, 1.82) is 0 Å². The summed E-state index contributed by atoms with van der Waals surface area (Å²) in [5.74, 6) is -1.60. The number of hydrogen-bond acceptors (Lipinski definition) is 7. The normalized spacial score (nSPS) is 14.8. The van der Waals surface area contributed by atoms with Crippen molar-refractivity contribution in [3.8, 4) is 11.5 Å². The minimum atomic E-state index is -1.13. The van der Waals surface area contributed by atoms with Gasteiger partial charge in [-0.25, -0.2) is 4.79 Å². The van der Waals surface area contributed by atoms with Crippen LogP contribution in [0.25, 0.3) is 6.08 Å². The van der Waals surface area contributed by atoms with Gasteiger partial charge >= 0.3 is 5.97 Å². The highest BCUT2D eigenvalue weighted by atomic mass is 35.5. The molecule has 2 aromatic carbocycles. The molecule has 0 aromatic heterocycles. The molecule has 2 amide bonds. The van der Waals surface area contributed by atoms with E-state index in [4.69, 9.17) is 26.2 Å². The number of carboxylic acid groups (broad SMARTS) is 1. The van der Waals surface area contributed by atoms with Gasteiger partial charge < -0.3 is 14.6 Å². The third-order valence-corrected chi connectivity index (χ3v) is 5.34. The molecule has 1 N–H and O–H groups in total. The maximum atomic E-state index is 12.7. The predicted octanol–water partition coefficient (Wildman–Crippen LogP) is 3.73. The van der Waals surface area contributed by atoms with Crippen molar-refractivity contribution < 1.29 is 33.8 Å². The summed E-state index contributed by atoms with van der Waals surface area (Å²) in [7, 11) is 1.39. The van der Waals surface area contributed by atoms with Crippen molar-refractivity contribution in [3.05, 3.63) is 63.5 Å². The Hall–Kier alpha value is -3.30. The van der Waals surface area contributed by atoms with Gasteiger partial charge in [0.25, 0.3) is 11.1 Å². The number of imide groups is 1. The van der Waals surface area contributed by atoms with Crippen LogP contribution in [0.3, 0.4) is 0 Å². The number of hydrogen-bond donors (Lipinski definition) is 1. The molecule has 8 nitrogen and oxygen atoms in total. The zero-order valence-corrected chi connectivity index (χ0v) is 17.7. The van der Waals surface area contributed by atoms with Crippen LogP contribution < -0.4 is 9.47 Å². The molecule has 0 aliphatic carbocycles. The van der Waals surface area contributed by atoms with Gasteiger partial charge in [0.05, 0.1) is 18.6 Å². The fourth-order valence-corrected chi connectivity index (χ4v) is 3.66. The standard InChI is InChI=1S/C21H16ClNO7S/c1-29-17-8-12(2-7-16(17)30-11-19(25)26)9-18-20(27)23(21(28)31-18)10-15(24)13-3-5-14(22)6-4-13/h2-9H,10-11H2,1H3,(H,25,26)/b18-9+. The number of halogens is 1. The molecule has 0 saturated carbocycles. The Kier molecular flexibility index (Phi) is 6.98. The van der Waals surface area contributed by atoms with E-state index in [1.807, 2.05) is 0 Å². The fraction of sp³-hybridized carbons (Fsp3) is 0.143. The lowest BCUT2D eigenvalue weighted by Gasteiger charge is -2.11. The molecule has 0 atom stereocenters. The van der Waals surface area contributed by atoms with Gasteiger partial charge in [0.1, 0.15) is 0 Å². The van der Waals surface area contributed by atoms with Gasteiger partial charge in [-0.2, -0.15) is 0 Å². The SMILES string of the molecule is COc1cc(/C=C2/SC(=O)N(CC(=O)c3ccc(Cl)cc3)C2=O)ccc1OCC(=O)O. The van der Waals surface area contributed by atoms with E-state index in [0.717, 1.165) is 16.7 Å². The summed E-state index contributed by atoms with van der Waals surface area (Å²) < 4.78 is 10.3. The highest BCUT2D eigenvalue weighted by Crippen LogP contribution is 2.34. The van der Waals surface area contributed by atoms with Gasteiger partial charge in [-0.3, -0.25) is 19.3 Å². The van der Waals surface area contributed by atoms with Gasteiger partial charge in [0.2, 0.25) is 0 Å². The predicted molar refractivity (Wildman–Crippen MR) is 115 cm³/mol. The summed E-state index contributed by atoms with van der Waals surface area (Å²) in [5, 5.41) is 8.65. The molecule has 2 aromatic rings. The average molecular weight is 462 g/mol. The zero-order chi connectivity index (χ0) is 22.5. The number of carbonyl (C=O) groups excluding carboxylic acids is 3. The van der Waals surface area contributed by atoms with E-state index in [0.29, 0.717) is 16.1 Å². The van der Waals surface area contributed by atoms with E-state index in [-0.39, 0.29) is 28.7 Å². The van der Waals surface area contributed by atoms with E-state index in [1.165, 1.54) is 31.4 Å². The average Bonchev–Trinajstić information content (AvgIpc) is 3.00. The maximum Gasteiger partial charge on any atom is 0.341 e. The van der Waals surface area contributed by atoms with Crippen LogP contribution in [0.4, 0.5) is 4.79 Å². The molecule has 0 radical (unpaired) electrons. The minimum Gasteiger partial charge on any atom is -0.493 e. The summed E-state index contributed by atoms with van der Waals surface area (Å²) in [5.41, 5.74) is 0.878. The second-order valence-corrected chi connectivity index (χ2v) is 7.72. The quantitative estimate of drug-likeness (QED) is 0.467. The van der Waals surface area contributed by atoms with Gasteiger partial charge in [-0.1, -0.05) is 17.7 Å². The van der Waals surface area contributed by atoms with Crippen molar-refractivity contribution in [1.82, 2.24) is 4.90 Å². The van der Waals surface area contributed by atoms with Gasteiger partial charge in [-0.05, 0) is 59.8 Å². The number of benzene rings is 2. The maximum absolute atomic E-state index is 12.7. The lowest BCUT2D eigenvalue weighted by Crippen LogP contribution is -2.33. The number of methoxy groups -OCH3 is 1. The number of ketones is 1. The molecule has 0 unspecified atom stereocenters. The Morgan fingerprint density at radius 1 is 1.13 bits per heavy atom. The molecule has 160 valence electrons. The molecule has 31 heavy (non-hydrogen) atoms. The lowest BCUT2D eigenvalue weighted by atomic mass is 10.1. The van der Waals surface area contributed by atoms with Crippen molar-refractivity contribution in [2.24, 2.45) is 0 Å². The number of amides is 2. The number of rotatable bonds is 8. The van der Waals surface area contributed by atoms with Crippen LogP contribution >= 0.6 is 23.4 Å². The number of aliphatic carboxylic acids is 1. The lowest BCUT2D eigenvalue weighted by molar-refractivity contribution is -0.139. The molecule has 0 bridgehead atoms. The van der Waals surface area contributed by atoms with Crippen molar-refractivity contribution in [2.45, 2.75) is 0 Å². The number of ether oxygens (including phenoxy) is 2. The molecule has 1 fully saturated rings. The summed E-state index contributed by atoms with van der Waals surface area (Å²) in [6, 6.07) is 10.8. The molecule has 1 aliphatic heterocycles. The van der Waals surface area contributed by atoms with Crippen LogP contribution in [0.1, 0.15) is 15.9 Å². The van der Waals surface area contributed by atoms with Gasteiger partial charge in [-0.15, -0.1) is 0 Å². The second-order valence-electron chi connectivity index (χ2n) is 6.29. The number of carbonyl (C=O) groups is 4. The second kappa shape index (κ2) is 9.67. The summed E-state index contributed by atoms with van der Waals surface area (Å²) in [4.78, 5) is 49.1.